The smallest absolute Gasteiger partial charge is 0.246 e. The third kappa shape index (κ3) is 2.16. The number of hydrogen-bond donors (Lipinski definition) is 2. The first-order chi connectivity index (χ1) is 15.9. The Labute approximate surface area is 193 Å². The van der Waals surface area contributed by atoms with Crippen molar-refractivity contribution in [1.82, 2.24) is 4.90 Å². The van der Waals surface area contributed by atoms with Gasteiger partial charge < -0.3 is 29.6 Å². The monoisotopic (exact) mass is 447 g/mol. The van der Waals surface area contributed by atoms with Crippen LogP contribution in [0.5, 0.6) is 11.5 Å². The second kappa shape index (κ2) is 6.21. The highest BCUT2D eigenvalue weighted by Crippen LogP contribution is 2.66. The van der Waals surface area contributed by atoms with Crippen LogP contribution in [-0.2, 0) is 16.6 Å². The molecule has 1 amide bonds. The average Bonchev–Trinajstić information content (AvgIpc) is 3.16. The second-order valence-electron chi connectivity index (χ2n) is 10.5. The van der Waals surface area contributed by atoms with E-state index in [9.17, 15) is 15.0 Å². The Morgan fingerprint density at radius 1 is 1.09 bits per heavy atom. The van der Waals surface area contributed by atoms with E-state index >= 15 is 0 Å². The topological polar surface area (TPSA) is 76.5 Å². The summed E-state index contributed by atoms with van der Waals surface area (Å²) in [5, 5.41) is 23.2. The average molecular weight is 448 g/mol. The van der Waals surface area contributed by atoms with Gasteiger partial charge in [-0.1, -0.05) is 18.2 Å². The first-order valence-electron chi connectivity index (χ1n) is 11.9. The predicted molar refractivity (Wildman–Crippen MR) is 124 cm³/mol. The number of likely N-dealkylation sites (tertiary alicyclic amines) is 1. The normalized spacial score (nSPS) is 36.3. The van der Waals surface area contributed by atoms with Gasteiger partial charge in [0.25, 0.3) is 0 Å². The van der Waals surface area contributed by atoms with Crippen molar-refractivity contribution < 1.29 is 19.7 Å². The first kappa shape index (κ1) is 19.7. The number of benzene rings is 2. The molecule has 7 heteroatoms. The molecule has 5 aliphatic rings. The third-order valence-electron chi connectivity index (χ3n) is 9.33. The molecular weight excluding hydrogens is 418 g/mol. The standard InChI is InChI=1S/C26H29N3O4/c1-27-12-11-25-22-15-7-8-19(30)23(22)33-24(25)18(9-10-26(25,32)20(27)13-15)29-14-21(31)28(2)16-5-3-4-6-17(16)29/h3-8,18,20,24,30,32H,9-14H2,1-2H3/t18-,20-,24+,25+,26-/m1/s1. The van der Waals surface area contributed by atoms with Gasteiger partial charge in [-0.2, -0.15) is 0 Å². The number of rotatable bonds is 1. The number of aromatic hydroxyl groups is 1. The fraction of sp³-hybridized carbons (Fsp3) is 0.500. The van der Waals surface area contributed by atoms with Crippen LogP contribution in [0.2, 0.25) is 0 Å². The molecule has 33 heavy (non-hydrogen) atoms. The van der Waals surface area contributed by atoms with Gasteiger partial charge in [0.2, 0.25) is 5.91 Å². The van der Waals surface area contributed by atoms with Crippen LogP contribution in [0.4, 0.5) is 11.4 Å². The van der Waals surface area contributed by atoms with E-state index in [0.29, 0.717) is 12.2 Å². The second-order valence-corrected chi connectivity index (χ2v) is 10.5. The van der Waals surface area contributed by atoms with Crippen molar-refractivity contribution in [3.05, 3.63) is 47.5 Å². The van der Waals surface area contributed by atoms with Gasteiger partial charge >= 0.3 is 0 Å². The summed E-state index contributed by atoms with van der Waals surface area (Å²) in [6.07, 6.45) is 2.56. The summed E-state index contributed by atoms with van der Waals surface area (Å²) >= 11 is 0. The molecule has 2 aromatic rings. The van der Waals surface area contributed by atoms with Crippen molar-refractivity contribution in [2.45, 2.75) is 54.9 Å². The number of para-hydroxylation sites is 2. The Hall–Kier alpha value is -2.77. The van der Waals surface area contributed by atoms with Gasteiger partial charge in [0.1, 0.15) is 6.10 Å². The van der Waals surface area contributed by atoms with Gasteiger partial charge in [-0.25, -0.2) is 0 Å². The molecular formula is C26H29N3O4. The van der Waals surface area contributed by atoms with E-state index in [1.54, 1.807) is 11.0 Å². The molecule has 5 atom stereocenters. The molecule has 0 radical (unpaired) electrons. The van der Waals surface area contributed by atoms with Crippen molar-refractivity contribution in [2.24, 2.45) is 0 Å². The minimum Gasteiger partial charge on any atom is -0.504 e. The zero-order valence-corrected chi connectivity index (χ0v) is 19.0. The number of anilines is 2. The molecule has 0 unspecified atom stereocenters. The fourth-order valence-corrected chi connectivity index (χ4v) is 7.80. The van der Waals surface area contributed by atoms with E-state index in [2.05, 4.69) is 22.9 Å². The molecule has 172 valence electrons. The van der Waals surface area contributed by atoms with Crippen LogP contribution in [0.15, 0.2) is 36.4 Å². The van der Waals surface area contributed by atoms with Crippen molar-refractivity contribution in [2.75, 3.05) is 37.0 Å². The Kier molecular flexibility index (Phi) is 3.70. The lowest BCUT2D eigenvalue weighted by Gasteiger charge is -2.64. The summed E-state index contributed by atoms with van der Waals surface area (Å²) in [6, 6.07) is 11.7. The Balaban J connectivity index is 1.42. The molecule has 2 N–H and O–H groups in total. The lowest BCUT2D eigenvalue weighted by molar-refractivity contribution is -0.184. The molecule has 7 rings (SSSR count). The Morgan fingerprint density at radius 2 is 1.88 bits per heavy atom. The van der Waals surface area contributed by atoms with Gasteiger partial charge in [0.15, 0.2) is 11.5 Å². The maximum atomic E-state index is 13.0. The summed E-state index contributed by atoms with van der Waals surface area (Å²) < 4.78 is 6.66. The predicted octanol–water partition coefficient (Wildman–Crippen LogP) is 2.03. The van der Waals surface area contributed by atoms with Crippen molar-refractivity contribution in [1.29, 1.82) is 0 Å². The van der Waals surface area contributed by atoms with Crippen LogP contribution in [0.25, 0.3) is 0 Å². The number of phenolic OH excluding ortho intramolecular Hbond substituents is 1. The molecule has 2 fully saturated rings. The van der Waals surface area contributed by atoms with E-state index in [0.717, 1.165) is 42.7 Å². The number of amides is 1. The van der Waals surface area contributed by atoms with Crippen molar-refractivity contribution in [3.8, 4) is 11.5 Å². The van der Waals surface area contributed by atoms with Crippen LogP contribution in [-0.4, -0.2) is 72.0 Å². The maximum Gasteiger partial charge on any atom is 0.246 e. The van der Waals surface area contributed by atoms with Crippen LogP contribution in [0, 0.1) is 0 Å². The molecule has 2 bridgehead atoms. The number of hydrogen-bond acceptors (Lipinski definition) is 6. The highest BCUT2D eigenvalue weighted by atomic mass is 16.5. The van der Waals surface area contributed by atoms with Gasteiger partial charge in [-0.05, 0) is 63.0 Å². The molecule has 0 aromatic heterocycles. The van der Waals surface area contributed by atoms with Gasteiger partial charge in [-0.15, -0.1) is 0 Å². The number of carbonyl (C=O) groups is 1. The van der Waals surface area contributed by atoms with Crippen LogP contribution < -0.4 is 14.5 Å². The fourth-order valence-electron chi connectivity index (χ4n) is 7.80. The number of piperidine rings is 1. The molecule has 3 aliphatic heterocycles. The Morgan fingerprint density at radius 3 is 2.70 bits per heavy atom. The first-order valence-corrected chi connectivity index (χ1v) is 11.9. The number of aliphatic hydroxyl groups is 1. The molecule has 2 aliphatic carbocycles. The van der Waals surface area contributed by atoms with E-state index < -0.39 is 11.0 Å². The summed E-state index contributed by atoms with van der Waals surface area (Å²) in [5.41, 5.74) is 2.59. The summed E-state index contributed by atoms with van der Waals surface area (Å²) in [6.45, 7) is 1.15. The highest BCUT2D eigenvalue weighted by Gasteiger charge is 2.73. The SMILES string of the molecule is CN1C(=O)CN([C@@H]2CC[C@@]3(O)[C@H]4Cc5ccc(O)c6c5[C@@]3(CCN4C)[C@H]2O6)c2ccccc21. The Bertz CT molecular complexity index is 1200. The van der Waals surface area contributed by atoms with Crippen LogP contribution in [0.1, 0.15) is 30.4 Å². The largest absolute Gasteiger partial charge is 0.504 e. The minimum atomic E-state index is -0.927. The lowest BCUT2D eigenvalue weighted by Crippen LogP contribution is -2.78. The van der Waals surface area contributed by atoms with Gasteiger partial charge in [-0.3, -0.25) is 4.79 Å². The number of ether oxygens (including phenoxy) is 1. The van der Waals surface area contributed by atoms with E-state index in [1.807, 2.05) is 31.3 Å². The summed E-state index contributed by atoms with van der Waals surface area (Å²) in [7, 11) is 3.93. The van der Waals surface area contributed by atoms with E-state index in [-0.39, 0.29) is 36.4 Å². The van der Waals surface area contributed by atoms with Gasteiger partial charge in [0.05, 0.1) is 35.0 Å². The molecule has 1 saturated carbocycles. The zero-order chi connectivity index (χ0) is 22.7. The maximum absolute atomic E-state index is 13.0. The number of fused-ring (bicyclic) bond motifs is 1. The van der Waals surface area contributed by atoms with Crippen molar-refractivity contribution >= 4 is 17.3 Å². The summed E-state index contributed by atoms with van der Waals surface area (Å²) in [4.78, 5) is 19.2. The minimum absolute atomic E-state index is 0.0164. The molecule has 1 spiro atoms. The van der Waals surface area contributed by atoms with E-state index in [1.165, 1.54) is 5.56 Å². The number of nitrogens with zero attached hydrogens (tertiary/aromatic N) is 3. The van der Waals surface area contributed by atoms with Gasteiger partial charge in [0, 0.05) is 18.7 Å². The molecule has 1 saturated heterocycles. The molecule has 3 heterocycles. The van der Waals surface area contributed by atoms with Crippen LogP contribution in [0.3, 0.4) is 0 Å². The highest BCUT2D eigenvalue weighted by molar-refractivity contribution is 6.03. The zero-order valence-electron chi connectivity index (χ0n) is 19.0. The van der Waals surface area contributed by atoms with Crippen LogP contribution >= 0.6 is 0 Å². The molecule has 7 nitrogen and oxygen atoms in total. The van der Waals surface area contributed by atoms with E-state index in [4.69, 9.17) is 4.74 Å². The summed E-state index contributed by atoms with van der Waals surface area (Å²) in [5.74, 6) is 0.737. The lowest BCUT2D eigenvalue weighted by atomic mass is 9.48. The quantitative estimate of drug-likeness (QED) is 0.697. The number of likely N-dealkylation sites (N-methyl/N-ethyl adjacent to an activating group) is 2. The number of phenols is 1. The van der Waals surface area contributed by atoms with Crippen molar-refractivity contribution in [3.63, 3.8) is 0 Å². The molecule has 2 aromatic carbocycles. The third-order valence-corrected chi connectivity index (χ3v) is 9.33. The number of carbonyl (C=O) groups excluding carboxylic acids is 1.